The SMILES string of the molecule is CCC[C@H](NC(=O)CCOc1ccccc1Cl)C(=O)O. The first kappa shape index (κ1) is 16.3. The maximum absolute atomic E-state index is 11.6. The van der Waals surface area contributed by atoms with Crippen LogP contribution in [0.5, 0.6) is 5.75 Å². The Kier molecular flexibility index (Phi) is 6.87. The number of nitrogens with one attached hydrogen (secondary N) is 1. The van der Waals surface area contributed by atoms with Crippen LogP contribution in [-0.2, 0) is 9.59 Å². The quantitative estimate of drug-likeness (QED) is 0.773. The lowest BCUT2D eigenvalue weighted by Crippen LogP contribution is -2.41. The van der Waals surface area contributed by atoms with Crippen molar-refractivity contribution in [3.8, 4) is 5.75 Å². The Balaban J connectivity index is 2.36. The number of halogens is 1. The van der Waals surface area contributed by atoms with Crippen LogP contribution in [0.2, 0.25) is 5.02 Å². The number of carbonyl (C=O) groups excluding carboxylic acids is 1. The second-order valence-electron chi connectivity index (χ2n) is 4.28. The van der Waals surface area contributed by atoms with Gasteiger partial charge in [-0.2, -0.15) is 0 Å². The monoisotopic (exact) mass is 299 g/mol. The van der Waals surface area contributed by atoms with E-state index >= 15 is 0 Å². The third kappa shape index (κ3) is 5.48. The summed E-state index contributed by atoms with van der Waals surface area (Å²) >= 11 is 5.90. The van der Waals surface area contributed by atoms with Crippen molar-refractivity contribution >= 4 is 23.5 Å². The summed E-state index contributed by atoms with van der Waals surface area (Å²) in [7, 11) is 0. The molecule has 0 aliphatic carbocycles. The molecule has 5 nitrogen and oxygen atoms in total. The Morgan fingerprint density at radius 1 is 1.40 bits per heavy atom. The Hall–Kier alpha value is -1.75. The summed E-state index contributed by atoms with van der Waals surface area (Å²) in [4.78, 5) is 22.5. The zero-order valence-corrected chi connectivity index (χ0v) is 12.0. The fourth-order valence-corrected chi connectivity index (χ4v) is 1.82. The van der Waals surface area contributed by atoms with Crippen molar-refractivity contribution in [3.05, 3.63) is 29.3 Å². The van der Waals surface area contributed by atoms with Crippen LogP contribution in [0.15, 0.2) is 24.3 Å². The minimum Gasteiger partial charge on any atom is -0.491 e. The normalized spacial score (nSPS) is 11.7. The standard InChI is InChI=1S/C14H18ClNO4/c1-2-5-11(14(18)19)16-13(17)8-9-20-12-7-4-3-6-10(12)15/h3-4,6-7,11H,2,5,8-9H2,1H3,(H,16,17)(H,18,19)/t11-/m0/s1. The van der Waals surface area contributed by atoms with Crippen LogP contribution >= 0.6 is 11.6 Å². The average Bonchev–Trinajstić information content (AvgIpc) is 2.40. The second kappa shape index (κ2) is 8.43. The molecule has 1 aromatic rings. The van der Waals surface area contributed by atoms with E-state index in [2.05, 4.69) is 5.32 Å². The molecule has 20 heavy (non-hydrogen) atoms. The molecule has 0 heterocycles. The number of hydrogen-bond acceptors (Lipinski definition) is 3. The highest BCUT2D eigenvalue weighted by Crippen LogP contribution is 2.22. The summed E-state index contributed by atoms with van der Waals surface area (Å²) in [5.74, 6) is -0.865. The van der Waals surface area contributed by atoms with Gasteiger partial charge in [-0.3, -0.25) is 4.79 Å². The number of para-hydroxylation sites is 1. The van der Waals surface area contributed by atoms with Crippen molar-refractivity contribution in [2.75, 3.05) is 6.61 Å². The van der Waals surface area contributed by atoms with E-state index in [0.717, 1.165) is 0 Å². The zero-order chi connectivity index (χ0) is 15.0. The Morgan fingerprint density at radius 2 is 2.10 bits per heavy atom. The minimum absolute atomic E-state index is 0.0821. The number of aliphatic carboxylic acids is 1. The van der Waals surface area contributed by atoms with Crippen LogP contribution in [-0.4, -0.2) is 29.6 Å². The largest absolute Gasteiger partial charge is 0.491 e. The number of benzene rings is 1. The maximum Gasteiger partial charge on any atom is 0.326 e. The number of carboxylic acids is 1. The van der Waals surface area contributed by atoms with E-state index in [4.69, 9.17) is 21.4 Å². The molecule has 1 aromatic carbocycles. The average molecular weight is 300 g/mol. The molecule has 0 aromatic heterocycles. The molecule has 0 bridgehead atoms. The lowest BCUT2D eigenvalue weighted by Gasteiger charge is -2.13. The van der Waals surface area contributed by atoms with Crippen molar-refractivity contribution < 1.29 is 19.4 Å². The molecule has 1 atom stereocenters. The van der Waals surface area contributed by atoms with E-state index in [1.165, 1.54) is 0 Å². The number of rotatable bonds is 8. The lowest BCUT2D eigenvalue weighted by molar-refractivity contribution is -0.142. The number of ether oxygens (including phenoxy) is 1. The van der Waals surface area contributed by atoms with Crippen LogP contribution < -0.4 is 10.1 Å². The summed E-state index contributed by atoms with van der Waals surface area (Å²) in [5, 5.41) is 11.9. The van der Waals surface area contributed by atoms with Gasteiger partial charge in [-0.05, 0) is 18.6 Å². The molecular weight excluding hydrogens is 282 g/mol. The predicted molar refractivity (Wildman–Crippen MR) is 76.0 cm³/mol. The summed E-state index contributed by atoms with van der Waals surface area (Å²) in [6.07, 6.45) is 1.18. The van der Waals surface area contributed by atoms with Crippen molar-refractivity contribution in [1.82, 2.24) is 5.32 Å². The Labute approximate surface area is 122 Å². The fraction of sp³-hybridized carbons (Fsp3) is 0.429. The van der Waals surface area contributed by atoms with Gasteiger partial charge in [0.05, 0.1) is 18.1 Å². The first-order chi connectivity index (χ1) is 9.54. The molecule has 0 radical (unpaired) electrons. The lowest BCUT2D eigenvalue weighted by atomic mass is 10.1. The topological polar surface area (TPSA) is 75.6 Å². The summed E-state index contributed by atoms with van der Waals surface area (Å²) in [6.45, 7) is 2.01. The van der Waals surface area contributed by atoms with Gasteiger partial charge < -0.3 is 15.2 Å². The van der Waals surface area contributed by atoms with Gasteiger partial charge in [-0.25, -0.2) is 4.79 Å². The maximum atomic E-state index is 11.6. The fourth-order valence-electron chi connectivity index (χ4n) is 1.63. The molecule has 0 saturated carbocycles. The number of carbonyl (C=O) groups is 2. The highest BCUT2D eigenvalue weighted by molar-refractivity contribution is 6.32. The van der Waals surface area contributed by atoms with E-state index in [-0.39, 0.29) is 18.9 Å². The van der Waals surface area contributed by atoms with Crippen LogP contribution in [0.25, 0.3) is 0 Å². The van der Waals surface area contributed by atoms with E-state index in [1.54, 1.807) is 24.3 Å². The molecule has 110 valence electrons. The van der Waals surface area contributed by atoms with Crippen LogP contribution in [0.1, 0.15) is 26.2 Å². The van der Waals surface area contributed by atoms with E-state index < -0.39 is 12.0 Å². The van der Waals surface area contributed by atoms with Gasteiger partial charge in [0.25, 0.3) is 0 Å². The van der Waals surface area contributed by atoms with E-state index in [1.807, 2.05) is 6.92 Å². The number of hydrogen-bond donors (Lipinski definition) is 2. The molecule has 0 unspecified atom stereocenters. The molecule has 0 fully saturated rings. The van der Waals surface area contributed by atoms with Crippen molar-refractivity contribution in [2.45, 2.75) is 32.2 Å². The molecule has 0 aliphatic rings. The summed E-state index contributed by atoms with van der Waals surface area (Å²) < 4.78 is 5.37. The molecule has 0 saturated heterocycles. The van der Waals surface area contributed by atoms with Crippen LogP contribution in [0, 0.1) is 0 Å². The van der Waals surface area contributed by atoms with Crippen molar-refractivity contribution in [3.63, 3.8) is 0 Å². The minimum atomic E-state index is -1.02. The van der Waals surface area contributed by atoms with Gasteiger partial charge in [-0.1, -0.05) is 37.1 Å². The number of amides is 1. The van der Waals surface area contributed by atoms with Gasteiger partial charge in [0, 0.05) is 0 Å². The van der Waals surface area contributed by atoms with E-state index in [0.29, 0.717) is 23.6 Å². The van der Waals surface area contributed by atoms with Gasteiger partial charge in [0.1, 0.15) is 11.8 Å². The molecule has 0 aliphatic heterocycles. The van der Waals surface area contributed by atoms with Crippen molar-refractivity contribution in [1.29, 1.82) is 0 Å². The second-order valence-corrected chi connectivity index (χ2v) is 4.68. The van der Waals surface area contributed by atoms with Gasteiger partial charge in [-0.15, -0.1) is 0 Å². The van der Waals surface area contributed by atoms with E-state index in [9.17, 15) is 9.59 Å². The zero-order valence-electron chi connectivity index (χ0n) is 11.3. The van der Waals surface area contributed by atoms with Crippen LogP contribution in [0.3, 0.4) is 0 Å². The molecule has 6 heteroatoms. The highest BCUT2D eigenvalue weighted by Gasteiger charge is 2.18. The Bertz CT molecular complexity index is 464. The summed E-state index contributed by atoms with van der Waals surface area (Å²) in [5.41, 5.74) is 0. The predicted octanol–water partition coefficient (Wildman–Crippen LogP) is 2.48. The first-order valence-electron chi connectivity index (χ1n) is 6.44. The summed E-state index contributed by atoms with van der Waals surface area (Å²) in [6, 6.07) is 6.12. The molecule has 1 amide bonds. The third-order valence-electron chi connectivity index (χ3n) is 2.63. The molecule has 1 rings (SSSR count). The van der Waals surface area contributed by atoms with Gasteiger partial charge in [0.2, 0.25) is 5.91 Å². The molecule has 0 spiro atoms. The number of carboxylic acid groups (broad SMARTS) is 1. The van der Waals surface area contributed by atoms with Crippen molar-refractivity contribution in [2.24, 2.45) is 0 Å². The third-order valence-corrected chi connectivity index (χ3v) is 2.95. The smallest absolute Gasteiger partial charge is 0.326 e. The van der Waals surface area contributed by atoms with Crippen LogP contribution in [0.4, 0.5) is 0 Å². The molecule has 2 N–H and O–H groups in total. The molecular formula is C14H18ClNO4. The van der Waals surface area contributed by atoms with Gasteiger partial charge in [0.15, 0.2) is 0 Å². The first-order valence-corrected chi connectivity index (χ1v) is 6.82. The highest BCUT2D eigenvalue weighted by atomic mass is 35.5. The van der Waals surface area contributed by atoms with Gasteiger partial charge >= 0.3 is 5.97 Å². The Morgan fingerprint density at radius 3 is 2.70 bits per heavy atom.